The molecule has 1 aromatic heterocycles. The molecular weight excluding hydrogens is 268 g/mol. The molecule has 1 heterocycles. The molecule has 0 radical (unpaired) electrons. The summed E-state index contributed by atoms with van der Waals surface area (Å²) in [6, 6.07) is 7.21. The molecule has 0 spiro atoms. The van der Waals surface area contributed by atoms with Crippen molar-refractivity contribution in [2.75, 3.05) is 0 Å². The van der Waals surface area contributed by atoms with E-state index in [1.54, 1.807) is 16.7 Å². The second kappa shape index (κ2) is 6.52. The predicted molar refractivity (Wildman–Crippen MR) is 81.6 cm³/mol. The van der Waals surface area contributed by atoms with Crippen molar-refractivity contribution in [2.24, 2.45) is 0 Å². The second-order valence-electron chi connectivity index (χ2n) is 5.25. The van der Waals surface area contributed by atoms with Crippen LogP contribution in [0.15, 0.2) is 29.1 Å². The van der Waals surface area contributed by atoms with Crippen LogP contribution in [0.2, 0.25) is 0 Å². The highest BCUT2D eigenvalue weighted by Gasteiger charge is 2.16. The molecule has 2 aromatic rings. The quantitative estimate of drug-likeness (QED) is 0.887. The molecule has 2 rings (SSSR count). The first-order chi connectivity index (χ1) is 10.0. The summed E-state index contributed by atoms with van der Waals surface area (Å²) in [5.74, 6) is -0.325. The summed E-state index contributed by atoms with van der Waals surface area (Å²) in [6.45, 7) is 4.04. The highest BCUT2D eigenvalue weighted by Crippen LogP contribution is 2.16. The van der Waals surface area contributed by atoms with E-state index in [-0.39, 0.29) is 24.4 Å². The smallest absolute Gasteiger partial charge is 0.303 e. The minimum absolute atomic E-state index is 0.0170. The first-order valence-corrected chi connectivity index (χ1v) is 7.26. The van der Waals surface area contributed by atoms with Crippen LogP contribution in [0.3, 0.4) is 0 Å². The van der Waals surface area contributed by atoms with Crippen molar-refractivity contribution in [2.45, 2.75) is 45.6 Å². The van der Waals surface area contributed by atoms with Gasteiger partial charge in [0.25, 0.3) is 5.56 Å². The van der Waals surface area contributed by atoms with Gasteiger partial charge in [-0.2, -0.15) is 0 Å². The molecule has 1 unspecified atom stereocenters. The number of carboxylic acids is 1. The number of nitrogens with zero attached hydrogens (tertiary/aromatic N) is 2. The van der Waals surface area contributed by atoms with Crippen LogP contribution in [0.25, 0.3) is 10.9 Å². The average molecular weight is 288 g/mol. The fraction of sp³-hybridized carbons (Fsp3) is 0.438. The van der Waals surface area contributed by atoms with E-state index in [1.807, 2.05) is 19.1 Å². The molecule has 1 N–H and O–H groups in total. The number of aromatic nitrogens is 2. The van der Waals surface area contributed by atoms with Gasteiger partial charge in [-0.15, -0.1) is 0 Å². The summed E-state index contributed by atoms with van der Waals surface area (Å²) in [7, 11) is 0. The van der Waals surface area contributed by atoms with Crippen LogP contribution in [-0.4, -0.2) is 20.6 Å². The maximum absolute atomic E-state index is 12.7. The van der Waals surface area contributed by atoms with Gasteiger partial charge in [0.1, 0.15) is 5.82 Å². The molecule has 0 aliphatic rings. The molecule has 0 bridgehead atoms. The van der Waals surface area contributed by atoms with Crippen molar-refractivity contribution in [3.8, 4) is 0 Å². The molecule has 0 aliphatic carbocycles. The minimum atomic E-state index is -0.882. The molecule has 0 saturated heterocycles. The van der Waals surface area contributed by atoms with Gasteiger partial charge in [0.2, 0.25) is 0 Å². The van der Waals surface area contributed by atoms with Crippen molar-refractivity contribution in [3.05, 3.63) is 40.4 Å². The number of benzene rings is 1. The highest BCUT2D eigenvalue weighted by atomic mass is 16.4. The molecule has 0 fully saturated rings. The first kappa shape index (κ1) is 15.2. The SMILES string of the molecule is CCCC(C)n1c(CCC(=O)O)nc2ccccc2c1=O. The Kier molecular flexibility index (Phi) is 4.73. The van der Waals surface area contributed by atoms with Crippen molar-refractivity contribution in [1.82, 2.24) is 9.55 Å². The fourth-order valence-electron chi connectivity index (χ4n) is 2.59. The van der Waals surface area contributed by atoms with Crippen LogP contribution in [0.4, 0.5) is 0 Å². The molecular formula is C16H20N2O3. The normalized spacial score (nSPS) is 12.5. The third-order valence-electron chi connectivity index (χ3n) is 3.59. The molecule has 112 valence electrons. The number of fused-ring (bicyclic) bond motifs is 1. The number of carboxylic acid groups (broad SMARTS) is 1. The summed E-state index contributed by atoms with van der Waals surface area (Å²) in [6.07, 6.45) is 2.06. The fourth-order valence-corrected chi connectivity index (χ4v) is 2.59. The van der Waals surface area contributed by atoms with Gasteiger partial charge in [-0.1, -0.05) is 25.5 Å². The number of carbonyl (C=O) groups is 1. The number of aliphatic carboxylic acids is 1. The van der Waals surface area contributed by atoms with Gasteiger partial charge in [0, 0.05) is 12.5 Å². The van der Waals surface area contributed by atoms with Crippen LogP contribution in [0.5, 0.6) is 0 Å². The summed E-state index contributed by atoms with van der Waals surface area (Å²) in [5, 5.41) is 9.46. The van der Waals surface area contributed by atoms with E-state index in [9.17, 15) is 9.59 Å². The second-order valence-corrected chi connectivity index (χ2v) is 5.25. The Bertz CT molecular complexity index is 706. The van der Waals surface area contributed by atoms with E-state index in [4.69, 9.17) is 5.11 Å². The van der Waals surface area contributed by atoms with Crippen LogP contribution in [-0.2, 0) is 11.2 Å². The van der Waals surface area contributed by atoms with E-state index in [2.05, 4.69) is 11.9 Å². The summed E-state index contributed by atoms with van der Waals surface area (Å²) in [4.78, 5) is 28.0. The van der Waals surface area contributed by atoms with Crippen molar-refractivity contribution in [3.63, 3.8) is 0 Å². The van der Waals surface area contributed by atoms with Crippen molar-refractivity contribution < 1.29 is 9.90 Å². The molecule has 5 nitrogen and oxygen atoms in total. The summed E-state index contributed by atoms with van der Waals surface area (Å²) >= 11 is 0. The average Bonchev–Trinajstić information content (AvgIpc) is 2.45. The zero-order valence-corrected chi connectivity index (χ0v) is 12.4. The van der Waals surface area contributed by atoms with Crippen LogP contribution in [0, 0.1) is 0 Å². The van der Waals surface area contributed by atoms with Gasteiger partial charge >= 0.3 is 5.97 Å². The van der Waals surface area contributed by atoms with E-state index < -0.39 is 5.97 Å². The standard InChI is InChI=1S/C16H20N2O3/c1-3-6-11(2)18-14(9-10-15(19)20)17-13-8-5-4-7-12(13)16(18)21/h4-5,7-8,11H,3,6,9-10H2,1-2H3,(H,19,20). The number of hydrogen-bond acceptors (Lipinski definition) is 3. The number of hydrogen-bond donors (Lipinski definition) is 1. The molecule has 0 aliphatic heterocycles. The Morgan fingerprint density at radius 1 is 1.38 bits per heavy atom. The van der Waals surface area contributed by atoms with E-state index in [0.29, 0.717) is 16.7 Å². The lowest BCUT2D eigenvalue weighted by Gasteiger charge is -2.19. The predicted octanol–water partition coefficient (Wildman–Crippen LogP) is 2.77. The van der Waals surface area contributed by atoms with Crippen molar-refractivity contribution in [1.29, 1.82) is 0 Å². The first-order valence-electron chi connectivity index (χ1n) is 7.26. The van der Waals surface area contributed by atoms with Gasteiger partial charge in [-0.3, -0.25) is 14.2 Å². The van der Waals surface area contributed by atoms with Gasteiger partial charge in [-0.25, -0.2) is 4.98 Å². The lowest BCUT2D eigenvalue weighted by Crippen LogP contribution is -2.28. The zero-order valence-electron chi connectivity index (χ0n) is 12.4. The summed E-state index contributed by atoms with van der Waals surface area (Å²) < 4.78 is 1.66. The zero-order chi connectivity index (χ0) is 15.4. The van der Waals surface area contributed by atoms with Crippen molar-refractivity contribution >= 4 is 16.9 Å². The Morgan fingerprint density at radius 2 is 2.10 bits per heavy atom. The maximum atomic E-state index is 12.7. The van der Waals surface area contributed by atoms with E-state index in [1.165, 1.54) is 0 Å². The molecule has 1 aromatic carbocycles. The third kappa shape index (κ3) is 3.29. The van der Waals surface area contributed by atoms with Gasteiger partial charge in [-0.05, 0) is 25.5 Å². The third-order valence-corrected chi connectivity index (χ3v) is 3.59. The molecule has 5 heteroatoms. The largest absolute Gasteiger partial charge is 0.481 e. The van der Waals surface area contributed by atoms with Gasteiger partial charge < -0.3 is 5.11 Å². The molecule has 0 amide bonds. The maximum Gasteiger partial charge on any atom is 0.303 e. The van der Waals surface area contributed by atoms with E-state index in [0.717, 1.165) is 12.8 Å². The molecule has 0 saturated carbocycles. The number of para-hydroxylation sites is 1. The summed E-state index contributed by atoms with van der Waals surface area (Å²) in [5.41, 5.74) is 0.546. The lowest BCUT2D eigenvalue weighted by molar-refractivity contribution is -0.137. The topological polar surface area (TPSA) is 72.2 Å². The number of aryl methyl sites for hydroxylation is 1. The Hall–Kier alpha value is -2.17. The minimum Gasteiger partial charge on any atom is -0.481 e. The molecule has 21 heavy (non-hydrogen) atoms. The Balaban J connectivity index is 2.59. The van der Waals surface area contributed by atoms with E-state index >= 15 is 0 Å². The Morgan fingerprint density at radius 3 is 2.76 bits per heavy atom. The number of rotatable bonds is 6. The van der Waals surface area contributed by atoms with Gasteiger partial charge in [0.15, 0.2) is 0 Å². The monoisotopic (exact) mass is 288 g/mol. The Labute approximate surface area is 123 Å². The highest BCUT2D eigenvalue weighted by molar-refractivity contribution is 5.77. The van der Waals surface area contributed by atoms with Crippen LogP contribution >= 0.6 is 0 Å². The molecule has 1 atom stereocenters. The van der Waals surface area contributed by atoms with Crippen LogP contribution < -0.4 is 5.56 Å². The van der Waals surface area contributed by atoms with Gasteiger partial charge in [0.05, 0.1) is 17.3 Å². The lowest BCUT2D eigenvalue weighted by atomic mass is 10.1. The van der Waals surface area contributed by atoms with Crippen LogP contribution in [0.1, 0.15) is 45.0 Å².